The van der Waals surface area contributed by atoms with E-state index >= 15 is 0 Å². The summed E-state index contributed by atoms with van der Waals surface area (Å²) in [5.41, 5.74) is 1.37. The Morgan fingerprint density at radius 3 is 3.00 bits per heavy atom. The Hall–Kier alpha value is -0.500. The molecule has 0 bridgehead atoms. The summed E-state index contributed by atoms with van der Waals surface area (Å²) < 4.78 is 5.89. The number of benzene rings is 1. The molecule has 1 heterocycles. The third-order valence-electron chi connectivity index (χ3n) is 2.96. The van der Waals surface area contributed by atoms with Crippen molar-refractivity contribution in [3.05, 3.63) is 29.8 Å². The Balaban J connectivity index is 1.85. The second kappa shape index (κ2) is 5.02. The van der Waals surface area contributed by atoms with E-state index in [1.165, 1.54) is 18.4 Å². The Morgan fingerprint density at radius 2 is 2.27 bits per heavy atom. The lowest BCUT2D eigenvalue weighted by Gasteiger charge is -2.12. The quantitative estimate of drug-likeness (QED) is 0.755. The summed E-state index contributed by atoms with van der Waals surface area (Å²) in [7, 11) is 0. The van der Waals surface area contributed by atoms with Crippen molar-refractivity contribution in [3.63, 3.8) is 0 Å². The maximum Gasteiger partial charge on any atom is 0.123 e. The zero-order valence-electron chi connectivity index (χ0n) is 9.08. The van der Waals surface area contributed by atoms with E-state index in [9.17, 15) is 0 Å². The molecule has 0 saturated heterocycles. The van der Waals surface area contributed by atoms with Crippen molar-refractivity contribution in [2.45, 2.75) is 32.3 Å². The van der Waals surface area contributed by atoms with Gasteiger partial charge in [0.15, 0.2) is 0 Å². The van der Waals surface area contributed by atoms with Crippen LogP contribution < -0.4 is 4.74 Å². The zero-order chi connectivity index (χ0) is 10.7. The predicted octanol–water partition coefficient (Wildman–Crippen LogP) is 3.80. The lowest BCUT2D eigenvalue weighted by atomic mass is 10.0. The first-order chi connectivity index (χ1) is 7.29. The van der Waals surface area contributed by atoms with Crippen LogP contribution in [0.4, 0.5) is 0 Å². The van der Waals surface area contributed by atoms with Gasteiger partial charge < -0.3 is 4.74 Å². The van der Waals surface area contributed by atoms with Crippen LogP contribution in [0.1, 0.15) is 25.3 Å². The first-order valence-corrected chi connectivity index (χ1v) is 6.72. The number of fused-ring (bicyclic) bond motifs is 1. The molecule has 0 amide bonds. The van der Waals surface area contributed by atoms with E-state index in [2.05, 4.69) is 41.1 Å². The van der Waals surface area contributed by atoms with Crippen LogP contribution in [0.2, 0.25) is 0 Å². The fraction of sp³-hybridized carbons (Fsp3) is 0.538. The molecular weight excluding hydrogens is 252 g/mol. The molecule has 2 atom stereocenters. The molecule has 2 unspecified atom stereocenters. The Labute approximate surface area is 100.0 Å². The molecule has 0 aromatic heterocycles. The molecule has 1 aromatic carbocycles. The van der Waals surface area contributed by atoms with Crippen LogP contribution in [0.5, 0.6) is 5.75 Å². The number of alkyl halides is 1. The summed E-state index contributed by atoms with van der Waals surface area (Å²) in [6.07, 6.45) is 3.90. The SMILES string of the molecule is CC(CBr)CCC1Cc2ccccc2O1. The van der Waals surface area contributed by atoms with Crippen LogP contribution in [-0.2, 0) is 6.42 Å². The Morgan fingerprint density at radius 1 is 1.47 bits per heavy atom. The predicted molar refractivity (Wildman–Crippen MR) is 66.8 cm³/mol. The van der Waals surface area contributed by atoms with Gasteiger partial charge in [-0.25, -0.2) is 0 Å². The molecule has 0 N–H and O–H groups in total. The van der Waals surface area contributed by atoms with Crippen LogP contribution in [0.3, 0.4) is 0 Å². The van der Waals surface area contributed by atoms with Crippen LogP contribution >= 0.6 is 15.9 Å². The van der Waals surface area contributed by atoms with E-state index < -0.39 is 0 Å². The van der Waals surface area contributed by atoms with Gasteiger partial charge in [0, 0.05) is 11.8 Å². The molecule has 1 aliphatic rings. The molecule has 0 aliphatic carbocycles. The van der Waals surface area contributed by atoms with E-state index in [0.717, 1.165) is 23.4 Å². The highest BCUT2D eigenvalue weighted by Gasteiger charge is 2.22. The third-order valence-corrected chi connectivity index (χ3v) is 4.06. The average Bonchev–Trinajstić information content (AvgIpc) is 2.68. The van der Waals surface area contributed by atoms with Crippen molar-refractivity contribution in [2.24, 2.45) is 5.92 Å². The van der Waals surface area contributed by atoms with Gasteiger partial charge in [0.05, 0.1) is 0 Å². The first-order valence-electron chi connectivity index (χ1n) is 5.60. The molecule has 2 heteroatoms. The molecule has 0 saturated carbocycles. The summed E-state index contributed by atoms with van der Waals surface area (Å²) in [6, 6.07) is 8.38. The fourth-order valence-electron chi connectivity index (χ4n) is 1.96. The highest BCUT2D eigenvalue weighted by molar-refractivity contribution is 9.09. The largest absolute Gasteiger partial charge is 0.490 e. The van der Waals surface area contributed by atoms with Crippen LogP contribution in [-0.4, -0.2) is 11.4 Å². The number of hydrogen-bond acceptors (Lipinski definition) is 1. The van der Waals surface area contributed by atoms with Crippen molar-refractivity contribution in [2.75, 3.05) is 5.33 Å². The van der Waals surface area contributed by atoms with Crippen molar-refractivity contribution < 1.29 is 4.74 Å². The molecule has 2 rings (SSSR count). The molecule has 82 valence electrons. The van der Waals surface area contributed by atoms with Crippen molar-refractivity contribution >= 4 is 15.9 Å². The first kappa shape index (κ1) is 11.0. The third kappa shape index (κ3) is 2.75. The Bertz CT molecular complexity index is 299. The topological polar surface area (TPSA) is 9.23 Å². The highest BCUT2D eigenvalue weighted by Crippen LogP contribution is 2.30. The van der Waals surface area contributed by atoms with Gasteiger partial charge in [0.25, 0.3) is 0 Å². The second-order valence-electron chi connectivity index (χ2n) is 4.39. The van der Waals surface area contributed by atoms with Gasteiger partial charge in [-0.15, -0.1) is 0 Å². The standard InChI is InChI=1S/C13H17BrO/c1-10(9-14)6-7-12-8-11-4-2-3-5-13(11)15-12/h2-5,10,12H,6-9H2,1H3. The van der Waals surface area contributed by atoms with E-state index in [1.807, 2.05) is 6.07 Å². The monoisotopic (exact) mass is 268 g/mol. The summed E-state index contributed by atoms with van der Waals surface area (Å²) in [6.45, 7) is 2.27. The van der Waals surface area contributed by atoms with E-state index in [4.69, 9.17) is 4.74 Å². The minimum absolute atomic E-state index is 0.406. The van der Waals surface area contributed by atoms with Crippen molar-refractivity contribution in [3.8, 4) is 5.75 Å². The number of rotatable bonds is 4. The van der Waals surface area contributed by atoms with E-state index in [0.29, 0.717) is 6.10 Å². The normalized spacial score (nSPS) is 20.8. The van der Waals surface area contributed by atoms with Gasteiger partial charge in [0.1, 0.15) is 11.9 Å². The number of para-hydroxylation sites is 1. The smallest absolute Gasteiger partial charge is 0.123 e. The van der Waals surface area contributed by atoms with Gasteiger partial charge >= 0.3 is 0 Å². The molecule has 15 heavy (non-hydrogen) atoms. The minimum atomic E-state index is 0.406. The molecule has 0 radical (unpaired) electrons. The van der Waals surface area contributed by atoms with E-state index in [1.54, 1.807) is 0 Å². The minimum Gasteiger partial charge on any atom is -0.490 e. The van der Waals surface area contributed by atoms with Crippen LogP contribution in [0, 0.1) is 5.92 Å². The molecule has 1 aliphatic heterocycles. The molecule has 0 spiro atoms. The fourth-order valence-corrected chi connectivity index (χ4v) is 2.29. The molecule has 1 aromatic rings. The van der Waals surface area contributed by atoms with Gasteiger partial charge in [-0.1, -0.05) is 41.1 Å². The second-order valence-corrected chi connectivity index (χ2v) is 5.04. The van der Waals surface area contributed by atoms with Gasteiger partial charge in [0.2, 0.25) is 0 Å². The van der Waals surface area contributed by atoms with Gasteiger partial charge in [-0.2, -0.15) is 0 Å². The average molecular weight is 269 g/mol. The van der Waals surface area contributed by atoms with Crippen LogP contribution in [0.15, 0.2) is 24.3 Å². The van der Waals surface area contributed by atoms with Crippen molar-refractivity contribution in [1.82, 2.24) is 0 Å². The van der Waals surface area contributed by atoms with Gasteiger partial charge in [-0.05, 0) is 30.4 Å². The van der Waals surface area contributed by atoms with E-state index in [-0.39, 0.29) is 0 Å². The molecule has 0 fully saturated rings. The van der Waals surface area contributed by atoms with Gasteiger partial charge in [-0.3, -0.25) is 0 Å². The zero-order valence-corrected chi connectivity index (χ0v) is 10.7. The summed E-state index contributed by atoms with van der Waals surface area (Å²) in [5, 5.41) is 1.09. The highest BCUT2D eigenvalue weighted by atomic mass is 79.9. The van der Waals surface area contributed by atoms with Crippen LogP contribution in [0.25, 0.3) is 0 Å². The number of ether oxygens (including phenoxy) is 1. The summed E-state index contributed by atoms with van der Waals surface area (Å²) in [4.78, 5) is 0. The maximum atomic E-state index is 5.89. The number of halogens is 1. The molecular formula is C13H17BrO. The van der Waals surface area contributed by atoms with Crippen molar-refractivity contribution in [1.29, 1.82) is 0 Å². The summed E-state index contributed by atoms with van der Waals surface area (Å²) in [5.74, 6) is 1.84. The Kier molecular flexibility index (Phi) is 3.68. The number of hydrogen-bond donors (Lipinski definition) is 0. The maximum absolute atomic E-state index is 5.89. The summed E-state index contributed by atoms with van der Waals surface area (Å²) >= 11 is 3.51. The lowest BCUT2D eigenvalue weighted by molar-refractivity contribution is 0.211. The lowest BCUT2D eigenvalue weighted by Crippen LogP contribution is -2.14. The molecule has 1 nitrogen and oxygen atoms in total.